The van der Waals surface area contributed by atoms with Gasteiger partial charge < -0.3 is 11.1 Å². The molecule has 0 aliphatic heterocycles. The van der Waals surface area contributed by atoms with Crippen molar-refractivity contribution in [1.82, 2.24) is 19.8 Å². The van der Waals surface area contributed by atoms with Crippen molar-refractivity contribution in [2.24, 2.45) is 11.7 Å². The summed E-state index contributed by atoms with van der Waals surface area (Å²) in [4.78, 5) is 11.3. The fourth-order valence-electron chi connectivity index (χ4n) is 1.36. The van der Waals surface area contributed by atoms with E-state index in [9.17, 15) is 4.79 Å². The number of nitrogens with two attached hydrogens (primary N) is 1. The number of H-pyrrole nitrogens is 1. The van der Waals surface area contributed by atoms with Gasteiger partial charge in [0.1, 0.15) is 5.82 Å². The molecule has 17 heavy (non-hydrogen) atoms. The van der Waals surface area contributed by atoms with Crippen LogP contribution in [-0.4, -0.2) is 32.4 Å². The molecule has 2 aromatic rings. The molecule has 0 aromatic carbocycles. The van der Waals surface area contributed by atoms with Crippen LogP contribution >= 0.6 is 0 Å². The molecule has 4 N–H and O–H groups in total. The maximum absolute atomic E-state index is 11.3. The standard InChI is InChI=1S/C10H16N6O/c1-6(2)7(11)5-12-8-3-4-9-13-14-10(17)16(9)15-8/h3-4,6-7H,5,11H2,1-2H3,(H,12,15)(H,14,17). The third kappa shape index (κ3) is 2.44. The second-order valence-electron chi connectivity index (χ2n) is 4.31. The van der Waals surface area contributed by atoms with Gasteiger partial charge in [0.05, 0.1) is 0 Å². The first-order chi connectivity index (χ1) is 8.08. The van der Waals surface area contributed by atoms with Gasteiger partial charge in [-0.2, -0.15) is 9.61 Å². The van der Waals surface area contributed by atoms with E-state index < -0.39 is 0 Å². The first-order valence-corrected chi connectivity index (χ1v) is 5.52. The predicted molar refractivity (Wildman–Crippen MR) is 64.9 cm³/mol. The number of rotatable bonds is 4. The molecule has 0 radical (unpaired) electrons. The molecule has 0 saturated carbocycles. The summed E-state index contributed by atoms with van der Waals surface area (Å²) in [5, 5.41) is 13.3. The molecule has 0 fully saturated rings. The summed E-state index contributed by atoms with van der Waals surface area (Å²) in [5.41, 5.74) is 6.05. The fourth-order valence-corrected chi connectivity index (χ4v) is 1.36. The summed E-state index contributed by atoms with van der Waals surface area (Å²) in [5.74, 6) is 1.000. The van der Waals surface area contributed by atoms with Crippen LogP contribution in [0.25, 0.3) is 5.65 Å². The Kier molecular flexibility index (Phi) is 3.10. The fraction of sp³-hybridized carbons (Fsp3) is 0.500. The van der Waals surface area contributed by atoms with Crippen LogP contribution in [0.15, 0.2) is 16.9 Å². The van der Waals surface area contributed by atoms with E-state index in [-0.39, 0.29) is 11.7 Å². The number of aromatic amines is 1. The lowest BCUT2D eigenvalue weighted by Crippen LogP contribution is -2.34. The SMILES string of the molecule is CC(C)C(N)CNc1ccc2n[nH]c(=O)n2n1. The Labute approximate surface area is 98.0 Å². The summed E-state index contributed by atoms with van der Waals surface area (Å²) in [6.07, 6.45) is 0. The summed E-state index contributed by atoms with van der Waals surface area (Å²) >= 11 is 0. The number of hydrogen-bond donors (Lipinski definition) is 3. The quantitative estimate of drug-likeness (QED) is 0.683. The number of fused-ring (bicyclic) bond motifs is 1. The Morgan fingerprint density at radius 3 is 3.00 bits per heavy atom. The van der Waals surface area contributed by atoms with E-state index in [4.69, 9.17) is 5.73 Å². The van der Waals surface area contributed by atoms with Gasteiger partial charge in [-0.25, -0.2) is 9.89 Å². The topological polar surface area (TPSA) is 101 Å². The van der Waals surface area contributed by atoms with Crippen molar-refractivity contribution in [2.45, 2.75) is 19.9 Å². The van der Waals surface area contributed by atoms with Crippen molar-refractivity contribution < 1.29 is 0 Å². The summed E-state index contributed by atoms with van der Waals surface area (Å²) < 4.78 is 1.21. The zero-order valence-electron chi connectivity index (χ0n) is 9.84. The third-order valence-electron chi connectivity index (χ3n) is 2.65. The Morgan fingerprint density at radius 1 is 1.53 bits per heavy atom. The van der Waals surface area contributed by atoms with E-state index in [1.807, 2.05) is 0 Å². The molecule has 2 rings (SSSR count). The Bertz CT molecular complexity index is 557. The number of nitrogens with one attached hydrogen (secondary N) is 2. The number of aromatic nitrogens is 4. The van der Waals surface area contributed by atoms with Crippen LogP contribution in [0.3, 0.4) is 0 Å². The molecule has 0 saturated heterocycles. The van der Waals surface area contributed by atoms with Crippen molar-refractivity contribution in [3.63, 3.8) is 0 Å². The average Bonchev–Trinajstić information content (AvgIpc) is 2.68. The molecule has 7 nitrogen and oxygen atoms in total. The predicted octanol–water partition coefficient (Wildman–Crippen LogP) is -0.187. The molecule has 2 aromatic heterocycles. The molecule has 7 heteroatoms. The van der Waals surface area contributed by atoms with Crippen molar-refractivity contribution in [3.05, 3.63) is 22.6 Å². The zero-order chi connectivity index (χ0) is 12.4. The molecule has 1 atom stereocenters. The van der Waals surface area contributed by atoms with E-state index in [1.165, 1.54) is 4.52 Å². The van der Waals surface area contributed by atoms with Crippen molar-refractivity contribution in [2.75, 3.05) is 11.9 Å². The maximum atomic E-state index is 11.3. The second kappa shape index (κ2) is 4.54. The first kappa shape index (κ1) is 11.6. The molecule has 0 bridgehead atoms. The van der Waals surface area contributed by atoms with E-state index in [0.29, 0.717) is 23.9 Å². The van der Waals surface area contributed by atoms with Crippen LogP contribution in [-0.2, 0) is 0 Å². The zero-order valence-corrected chi connectivity index (χ0v) is 9.84. The first-order valence-electron chi connectivity index (χ1n) is 5.52. The molecular weight excluding hydrogens is 220 g/mol. The van der Waals surface area contributed by atoms with Crippen molar-refractivity contribution in [3.8, 4) is 0 Å². The summed E-state index contributed by atoms with van der Waals surface area (Å²) in [6, 6.07) is 3.53. The van der Waals surface area contributed by atoms with Crippen LogP contribution in [0.1, 0.15) is 13.8 Å². The van der Waals surface area contributed by atoms with Crippen LogP contribution in [0.2, 0.25) is 0 Å². The lowest BCUT2D eigenvalue weighted by Gasteiger charge is -2.16. The molecule has 0 amide bonds. The van der Waals surface area contributed by atoms with E-state index >= 15 is 0 Å². The van der Waals surface area contributed by atoms with Gasteiger partial charge >= 0.3 is 5.69 Å². The lowest BCUT2D eigenvalue weighted by molar-refractivity contribution is 0.510. The van der Waals surface area contributed by atoms with Gasteiger partial charge in [-0.05, 0) is 18.1 Å². The van der Waals surface area contributed by atoms with Crippen LogP contribution in [0.4, 0.5) is 5.82 Å². The lowest BCUT2D eigenvalue weighted by atomic mass is 10.1. The van der Waals surface area contributed by atoms with Gasteiger partial charge in [-0.15, -0.1) is 5.10 Å². The van der Waals surface area contributed by atoms with Gasteiger partial charge in [-0.3, -0.25) is 0 Å². The molecular formula is C10H16N6O. The van der Waals surface area contributed by atoms with Crippen molar-refractivity contribution >= 4 is 11.5 Å². The summed E-state index contributed by atoms with van der Waals surface area (Å²) in [6.45, 7) is 4.73. The Morgan fingerprint density at radius 2 is 2.29 bits per heavy atom. The average molecular weight is 236 g/mol. The molecule has 2 heterocycles. The van der Waals surface area contributed by atoms with Crippen LogP contribution in [0.5, 0.6) is 0 Å². The summed E-state index contributed by atoms with van der Waals surface area (Å²) in [7, 11) is 0. The highest BCUT2D eigenvalue weighted by Gasteiger charge is 2.08. The molecule has 0 aliphatic carbocycles. The van der Waals surface area contributed by atoms with Gasteiger partial charge in [0, 0.05) is 12.6 Å². The largest absolute Gasteiger partial charge is 0.367 e. The minimum absolute atomic E-state index is 0.0496. The highest BCUT2D eigenvalue weighted by molar-refractivity contribution is 5.42. The minimum Gasteiger partial charge on any atom is -0.367 e. The van der Waals surface area contributed by atoms with E-state index in [2.05, 4.69) is 34.5 Å². The van der Waals surface area contributed by atoms with Crippen LogP contribution in [0, 0.1) is 5.92 Å². The number of hydrogen-bond acceptors (Lipinski definition) is 5. The minimum atomic E-state index is -0.350. The maximum Gasteiger partial charge on any atom is 0.364 e. The van der Waals surface area contributed by atoms with Gasteiger partial charge in [-0.1, -0.05) is 13.8 Å². The molecule has 1 unspecified atom stereocenters. The Balaban J connectivity index is 2.14. The smallest absolute Gasteiger partial charge is 0.364 e. The normalized spacial score (nSPS) is 13.2. The molecule has 0 aliphatic rings. The molecule has 92 valence electrons. The van der Waals surface area contributed by atoms with Gasteiger partial charge in [0.15, 0.2) is 5.65 Å². The second-order valence-corrected chi connectivity index (χ2v) is 4.31. The molecule has 0 spiro atoms. The van der Waals surface area contributed by atoms with E-state index in [1.54, 1.807) is 12.1 Å². The third-order valence-corrected chi connectivity index (χ3v) is 2.65. The highest BCUT2D eigenvalue weighted by atomic mass is 16.2. The monoisotopic (exact) mass is 236 g/mol. The number of anilines is 1. The van der Waals surface area contributed by atoms with Gasteiger partial charge in [0.2, 0.25) is 0 Å². The van der Waals surface area contributed by atoms with Crippen molar-refractivity contribution in [1.29, 1.82) is 0 Å². The van der Waals surface area contributed by atoms with E-state index in [0.717, 1.165) is 0 Å². The number of nitrogens with zero attached hydrogens (tertiary/aromatic N) is 3. The van der Waals surface area contributed by atoms with Gasteiger partial charge in [0.25, 0.3) is 0 Å². The highest BCUT2D eigenvalue weighted by Crippen LogP contribution is 2.04. The Hall–Kier alpha value is -1.89. The van der Waals surface area contributed by atoms with Crippen LogP contribution < -0.4 is 16.7 Å².